The Kier molecular flexibility index (Phi) is 10.6. The van der Waals surface area contributed by atoms with Crippen LogP contribution in [0.1, 0.15) is 46.0 Å². The van der Waals surface area contributed by atoms with Gasteiger partial charge in [0.2, 0.25) is 0 Å². The number of hydrogen-bond donors (Lipinski definition) is 5. The zero-order valence-electron chi connectivity index (χ0n) is 21.8. The average molecular weight is 537 g/mol. The van der Waals surface area contributed by atoms with Crippen molar-refractivity contribution < 1.29 is 58.7 Å². The van der Waals surface area contributed by atoms with Crippen LogP contribution in [0.15, 0.2) is 0 Å². The first-order valence-electron chi connectivity index (χ1n) is 13.5. The molecule has 5 N–H and O–H groups in total. The Bertz CT molecular complexity index is 699. The van der Waals surface area contributed by atoms with E-state index in [2.05, 4.69) is 0 Å². The Balaban J connectivity index is 1.51. The average Bonchev–Trinajstić information content (AvgIpc) is 2.86. The lowest BCUT2D eigenvalue weighted by Gasteiger charge is -2.48. The van der Waals surface area contributed by atoms with E-state index in [0.29, 0.717) is 26.1 Å². The first kappa shape index (κ1) is 29.5. The van der Waals surface area contributed by atoms with Crippen molar-refractivity contribution in [1.29, 1.82) is 0 Å². The van der Waals surface area contributed by atoms with Gasteiger partial charge in [0.15, 0.2) is 12.6 Å². The van der Waals surface area contributed by atoms with Gasteiger partial charge in [-0.15, -0.1) is 0 Å². The second-order valence-corrected chi connectivity index (χ2v) is 10.7. The summed E-state index contributed by atoms with van der Waals surface area (Å²) in [7, 11) is 1.59. The van der Waals surface area contributed by atoms with Crippen LogP contribution in [-0.2, 0) is 33.2 Å². The molecule has 12 heteroatoms. The predicted octanol–water partition coefficient (Wildman–Crippen LogP) is -0.938. The van der Waals surface area contributed by atoms with Gasteiger partial charge in [0.1, 0.15) is 42.7 Å². The van der Waals surface area contributed by atoms with Crippen LogP contribution in [0.2, 0.25) is 0 Å². The minimum atomic E-state index is -1.43. The Labute approximate surface area is 217 Å². The molecule has 0 aromatic heterocycles. The molecular formula is C25H44O12. The molecule has 4 aliphatic rings. The molecule has 14 atom stereocenters. The first-order chi connectivity index (χ1) is 17.7. The summed E-state index contributed by atoms with van der Waals surface area (Å²) in [6, 6.07) is 0. The van der Waals surface area contributed by atoms with E-state index in [4.69, 9.17) is 33.2 Å². The normalized spacial score (nSPS) is 49.6. The molecule has 1 aliphatic carbocycles. The van der Waals surface area contributed by atoms with Gasteiger partial charge >= 0.3 is 0 Å². The van der Waals surface area contributed by atoms with Crippen molar-refractivity contribution in [2.24, 2.45) is 5.92 Å². The molecule has 12 nitrogen and oxygen atoms in total. The third-order valence-electron chi connectivity index (χ3n) is 7.97. The Morgan fingerprint density at radius 2 is 1.57 bits per heavy atom. The summed E-state index contributed by atoms with van der Waals surface area (Å²) in [5, 5.41) is 51.6. The van der Waals surface area contributed by atoms with Gasteiger partial charge in [0, 0.05) is 13.7 Å². The Morgan fingerprint density at radius 3 is 2.30 bits per heavy atom. The molecule has 0 amide bonds. The van der Waals surface area contributed by atoms with Crippen LogP contribution >= 0.6 is 0 Å². The summed E-state index contributed by atoms with van der Waals surface area (Å²) in [4.78, 5) is 0. The monoisotopic (exact) mass is 536 g/mol. The van der Waals surface area contributed by atoms with Crippen molar-refractivity contribution in [3.63, 3.8) is 0 Å². The highest BCUT2D eigenvalue weighted by atomic mass is 16.7. The predicted molar refractivity (Wildman–Crippen MR) is 126 cm³/mol. The molecule has 3 saturated heterocycles. The quantitative estimate of drug-likeness (QED) is 0.272. The summed E-state index contributed by atoms with van der Waals surface area (Å²) in [6.07, 6.45) is -7.89. The molecule has 3 heterocycles. The molecule has 3 aliphatic heterocycles. The number of hydrogen-bond acceptors (Lipinski definition) is 12. The lowest BCUT2D eigenvalue weighted by molar-refractivity contribution is -0.355. The molecule has 0 spiro atoms. The Morgan fingerprint density at radius 1 is 0.784 bits per heavy atom. The zero-order valence-corrected chi connectivity index (χ0v) is 21.8. The van der Waals surface area contributed by atoms with E-state index in [1.807, 2.05) is 6.92 Å². The van der Waals surface area contributed by atoms with Crippen molar-refractivity contribution in [3.05, 3.63) is 0 Å². The largest absolute Gasteiger partial charge is 0.394 e. The van der Waals surface area contributed by atoms with E-state index in [9.17, 15) is 25.5 Å². The molecule has 216 valence electrons. The number of methoxy groups -OCH3 is 1. The molecule has 37 heavy (non-hydrogen) atoms. The van der Waals surface area contributed by atoms with E-state index >= 15 is 0 Å². The van der Waals surface area contributed by atoms with Gasteiger partial charge in [-0.1, -0.05) is 13.3 Å². The maximum atomic E-state index is 10.9. The fraction of sp³-hybridized carbons (Fsp3) is 1.00. The smallest absolute Gasteiger partial charge is 0.187 e. The minimum Gasteiger partial charge on any atom is -0.394 e. The number of fused-ring (bicyclic) bond motifs is 1. The number of rotatable bonds is 7. The summed E-state index contributed by atoms with van der Waals surface area (Å²) in [5.74, 6) is 0.0352. The van der Waals surface area contributed by atoms with Crippen molar-refractivity contribution in [2.75, 3.05) is 26.9 Å². The second-order valence-electron chi connectivity index (χ2n) is 10.7. The molecule has 0 radical (unpaired) electrons. The summed E-state index contributed by atoms with van der Waals surface area (Å²) in [5.41, 5.74) is 0. The lowest BCUT2D eigenvalue weighted by atomic mass is 9.85. The molecule has 1 saturated carbocycles. The van der Waals surface area contributed by atoms with E-state index in [1.54, 1.807) is 14.0 Å². The van der Waals surface area contributed by atoms with Crippen LogP contribution in [-0.4, -0.2) is 132 Å². The molecule has 14 unspecified atom stereocenters. The van der Waals surface area contributed by atoms with Crippen LogP contribution in [0.3, 0.4) is 0 Å². The second kappa shape index (κ2) is 13.2. The van der Waals surface area contributed by atoms with Gasteiger partial charge in [0.25, 0.3) is 0 Å². The van der Waals surface area contributed by atoms with Crippen LogP contribution in [0.4, 0.5) is 0 Å². The highest BCUT2D eigenvalue weighted by Gasteiger charge is 2.51. The van der Waals surface area contributed by atoms with E-state index in [0.717, 1.165) is 19.3 Å². The van der Waals surface area contributed by atoms with Crippen LogP contribution in [0, 0.1) is 5.92 Å². The van der Waals surface area contributed by atoms with Crippen LogP contribution in [0.25, 0.3) is 0 Å². The molecule has 0 bridgehead atoms. The van der Waals surface area contributed by atoms with Crippen LogP contribution in [0.5, 0.6) is 0 Å². The summed E-state index contributed by atoms with van der Waals surface area (Å²) >= 11 is 0. The number of aliphatic hydroxyl groups is 5. The molecule has 0 aromatic rings. The van der Waals surface area contributed by atoms with Crippen molar-refractivity contribution in [3.8, 4) is 0 Å². The number of ether oxygens (including phenoxy) is 7. The first-order valence-corrected chi connectivity index (χ1v) is 13.5. The van der Waals surface area contributed by atoms with Crippen molar-refractivity contribution >= 4 is 0 Å². The molecule has 0 aromatic carbocycles. The maximum absolute atomic E-state index is 10.9. The van der Waals surface area contributed by atoms with Gasteiger partial charge in [-0.25, -0.2) is 0 Å². The summed E-state index contributed by atoms with van der Waals surface area (Å²) < 4.78 is 41.9. The van der Waals surface area contributed by atoms with Gasteiger partial charge < -0.3 is 58.7 Å². The van der Waals surface area contributed by atoms with Gasteiger partial charge in [-0.2, -0.15) is 0 Å². The van der Waals surface area contributed by atoms with Crippen molar-refractivity contribution in [2.45, 2.75) is 126 Å². The van der Waals surface area contributed by atoms with E-state index in [1.165, 1.54) is 0 Å². The lowest BCUT2D eigenvalue weighted by Crippen LogP contribution is -2.63. The fourth-order valence-electron chi connectivity index (χ4n) is 5.77. The number of aliphatic hydroxyl groups excluding tert-OH is 5. The fourth-order valence-corrected chi connectivity index (χ4v) is 5.77. The van der Waals surface area contributed by atoms with Crippen molar-refractivity contribution in [1.82, 2.24) is 0 Å². The minimum absolute atomic E-state index is 0.0352. The third kappa shape index (κ3) is 6.64. The highest BCUT2D eigenvalue weighted by Crippen LogP contribution is 2.36. The zero-order chi connectivity index (χ0) is 26.7. The van der Waals surface area contributed by atoms with E-state index < -0.39 is 80.2 Å². The Hall–Kier alpha value is -0.480. The maximum Gasteiger partial charge on any atom is 0.187 e. The van der Waals surface area contributed by atoms with Crippen LogP contribution < -0.4 is 0 Å². The van der Waals surface area contributed by atoms with Gasteiger partial charge in [0.05, 0.1) is 37.6 Å². The standard InChI is InChI=1S/C25H44O12/c1-12-6-4-8-15(21(12)37-24-20(30)19(29)17(27)13(2)33-24)35-25-23-22(18(28)16(10-26)36-25)34-14(11-31-3)7-5-9-32-23/h12-30H,4-11H2,1-3H3. The SMILES string of the molecule is COCC1CCCOC2C(OC3CCCC(C)C3OC3OC(C)C(O)C(O)C3O)OC(CO)C(O)C2O1. The van der Waals surface area contributed by atoms with E-state index in [-0.39, 0.29) is 12.0 Å². The topological polar surface area (TPSA) is 166 Å². The molecular weight excluding hydrogens is 492 g/mol. The van der Waals surface area contributed by atoms with Gasteiger partial charge in [-0.05, 0) is 38.5 Å². The highest BCUT2D eigenvalue weighted by molar-refractivity contribution is 4.95. The molecule has 4 fully saturated rings. The third-order valence-corrected chi connectivity index (χ3v) is 7.97. The van der Waals surface area contributed by atoms with Gasteiger partial charge in [-0.3, -0.25) is 0 Å². The molecule has 4 rings (SSSR count). The summed E-state index contributed by atoms with van der Waals surface area (Å²) in [6.45, 7) is 3.98.